The van der Waals surface area contributed by atoms with Gasteiger partial charge in [0.15, 0.2) is 6.10 Å². The van der Waals surface area contributed by atoms with E-state index in [1.54, 1.807) is 24.3 Å². The maximum atomic E-state index is 12.4. The van der Waals surface area contributed by atoms with Crippen LogP contribution >= 0.6 is 0 Å². The van der Waals surface area contributed by atoms with Crippen molar-refractivity contribution in [3.8, 4) is 0 Å². The second-order valence-corrected chi connectivity index (χ2v) is 4.77. The predicted octanol–water partition coefficient (Wildman–Crippen LogP) is 1.15. The van der Waals surface area contributed by atoms with Gasteiger partial charge in [0.1, 0.15) is 6.04 Å². The van der Waals surface area contributed by atoms with Crippen molar-refractivity contribution in [1.29, 1.82) is 0 Å². The zero-order chi connectivity index (χ0) is 17.9. The molecule has 0 aromatic heterocycles. The number of carbonyl (C=O) groups excluding carboxylic acids is 3. The molecule has 24 heavy (non-hydrogen) atoms. The Morgan fingerprint density at radius 2 is 1.75 bits per heavy atom. The minimum Gasteiger partial charge on any atom is -0.467 e. The van der Waals surface area contributed by atoms with Gasteiger partial charge in [-0.05, 0) is 12.0 Å². The Balaban J connectivity index is 2.81. The van der Waals surface area contributed by atoms with Crippen LogP contribution < -0.4 is 5.32 Å². The average molecular weight is 335 g/mol. The second-order valence-electron chi connectivity index (χ2n) is 4.77. The van der Waals surface area contributed by atoms with Crippen molar-refractivity contribution in [2.75, 3.05) is 21.3 Å². The van der Waals surface area contributed by atoms with Crippen molar-refractivity contribution in [3.63, 3.8) is 0 Å². The van der Waals surface area contributed by atoms with Gasteiger partial charge in [0, 0.05) is 13.2 Å². The molecule has 0 aliphatic heterocycles. The van der Waals surface area contributed by atoms with Crippen LogP contribution in [0.15, 0.2) is 42.5 Å². The predicted molar refractivity (Wildman–Crippen MR) is 85.9 cm³/mol. The van der Waals surface area contributed by atoms with Gasteiger partial charge < -0.3 is 19.5 Å². The van der Waals surface area contributed by atoms with Crippen LogP contribution in [0.5, 0.6) is 0 Å². The van der Waals surface area contributed by atoms with Gasteiger partial charge in [-0.25, -0.2) is 9.59 Å². The van der Waals surface area contributed by atoms with Crippen LogP contribution in [0.4, 0.5) is 0 Å². The van der Waals surface area contributed by atoms with Gasteiger partial charge in [-0.3, -0.25) is 4.79 Å². The molecule has 130 valence electrons. The highest BCUT2D eigenvalue weighted by atomic mass is 16.5. The van der Waals surface area contributed by atoms with E-state index < -0.39 is 30.0 Å². The molecule has 1 rings (SSSR count). The van der Waals surface area contributed by atoms with Crippen LogP contribution in [0.25, 0.3) is 0 Å². The van der Waals surface area contributed by atoms with E-state index in [0.717, 1.165) is 0 Å². The molecular formula is C17H21NO6. The summed E-state index contributed by atoms with van der Waals surface area (Å²) in [6, 6.07) is 7.95. The van der Waals surface area contributed by atoms with Crippen LogP contribution in [-0.4, -0.2) is 45.2 Å². The highest BCUT2D eigenvalue weighted by Crippen LogP contribution is 2.16. The molecule has 0 aliphatic carbocycles. The summed E-state index contributed by atoms with van der Waals surface area (Å²) in [5.41, 5.74) is 0.659. The summed E-state index contributed by atoms with van der Waals surface area (Å²) >= 11 is 0. The zero-order valence-corrected chi connectivity index (χ0v) is 13.9. The van der Waals surface area contributed by atoms with E-state index in [9.17, 15) is 14.4 Å². The number of methoxy groups -OCH3 is 3. The Labute approximate surface area is 140 Å². The maximum Gasteiger partial charge on any atom is 0.330 e. The highest BCUT2D eigenvalue weighted by molar-refractivity contribution is 5.88. The topological polar surface area (TPSA) is 90.9 Å². The van der Waals surface area contributed by atoms with E-state index in [1.807, 2.05) is 6.07 Å². The van der Waals surface area contributed by atoms with Crippen molar-refractivity contribution in [2.45, 2.75) is 18.6 Å². The molecule has 1 amide bonds. The lowest BCUT2D eigenvalue weighted by Crippen LogP contribution is -2.43. The number of hydrogen-bond donors (Lipinski definition) is 1. The van der Waals surface area contributed by atoms with Crippen LogP contribution in [0.2, 0.25) is 0 Å². The molecule has 0 bridgehead atoms. The Morgan fingerprint density at radius 1 is 1.08 bits per heavy atom. The van der Waals surface area contributed by atoms with Crippen molar-refractivity contribution >= 4 is 17.8 Å². The van der Waals surface area contributed by atoms with Gasteiger partial charge in [-0.2, -0.15) is 0 Å². The largest absolute Gasteiger partial charge is 0.467 e. The quantitative estimate of drug-likeness (QED) is 0.566. The molecule has 0 unspecified atom stereocenters. The third kappa shape index (κ3) is 5.85. The molecule has 0 fully saturated rings. The fourth-order valence-corrected chi connectivity index (χ4v) is 1.99. The Hall–Kier alpha value is -2.67. The van der Waals surface area contributed by atoms with E-state index in [1.165, 1.54) is 33.5 Å². The van der Waals surface area contributed by atoms with Gasteiger partial charge in [0.2, 0.25) is 0 Å². The standard InChI is InChI=1S/C17H21NO6/c1-22-14(19)11-7-10-13(17(21)24-3)18-16(20)15(23-2)12-8-5-4-6-9-12/h4-9,11,13,15H,10H2,1-3H3,(H,18,20)/b11-7+/t13-,15-/m0/s1. The molecule has 0 aliphatic rings. The van der Waals surface area contributed by atoms with Gasteiger partial charge in [0.25, 0.3) is 5.91 Å². The summed E-state index contributed by atoms with van der Waals surface area (Å²) in [4.78, 5) is 35.3. The van der Waals surface area contributed by atoms with Crippen molar-refractivity contribution in [3.05, 3.63) is 48.0 Å². The molecule has 0 heterocycles. The van der Waals surface area contributed by atoms with Crippen LogP contribution in [0, 0.1) is 0 Å². The first-order valence-corrected chi connectivity index (χ1v) is 7.23. The minimum atomic E-state index is -0.940. The van der Waals surface area contributed by atoms with Crippen LogP contribution in [0.1, 0.15) is 18.1 Å². The summed E-state index contributed by atoms with van der Waals surface area (Å²) in [5.74, 6) is -1.66. The monoisotopic (exact) mass is 335 g/mol. The lowest BCUT2D eigenvalue weighted by Gasteiger charge is -2.20. The summed E-state index contributed by atoms with van der Waals surface area (Å²) in [6.45, 7) is 0. The van der Waals surface area contributed by atoms with E-state index in [2.05, 4.69) is 14.8 Å². The number of rotatable bonds is 8. The molecule has 2 atom stereocenters. The zero-order valence-electron chi connectivity index (χ0n) is 13.9. The smallest absolute Gasteiger partial charge is 0.330 e. The molecule has 0 saturated heterocycles. The van der Waals surface area contributed by atoms with Gasteiger partial charge >= 0.3 is 11.9 Å². The third-order valence-electron chi connectivity index (χ3n) is 3.21. The summed E-state index contributed by atoms with van der Waals surface area (Å²) in [6.07, 6.45) is 1.83. The minimum absolute atomic E-state index is 0.0821. The molecule has 1 aromatic rings. The normalized spacial score (nSPS) is 13.1. The first-order chi connectivity index (χ1) is 11.5. The van der Waals surface area contributed by atoms with Gasteiger partial charge in [0.05, 0.1) is 14.2 Å². The Morgan fingerprint density at radius 3 is 2.29 bits per heavy atom. The summed E-state index contributed by atoms with van der Waals surface area (Å²) < 4.78 is 14.4. The average Bonchev–Trinajstić information content (AvgIpc) is 2.61. The van der Waals surface area contributed by atoms with Gasteiger partial charge in [-0.15, -0.1) is 0 Å². The Bertz CT molecular complexity index is 584. The molecule has 0 saturated carbocycles. The summed E-state index contributed by atoms with van der Waals surface area (Å²) in [7, 11) is 3.87. The number of nitrogens with one attached hydrogen (secondary N) is 1. The fraction of sp³-hybridized carbons (Fsp3) is 0.353. The first-order valence-electron chi connectivity index (χ1n) is 7.23. The number of benzene rings is 1. The lowest BCUT2D eigenvalue weighted by molar-refractivity contribution is -0.146. The van der Waals surface area contributed by atoms with E-state index in [-0.39, 0.29) is 6.42 Å². The SMILES string of the molecule is COC(=O)/C=C/C[C@H](NC(=O)[C@@H](OC)c1ccccc1)C(=O)OC. The van der Waals surface area contributed by atoms with Gasteiger partial charge in [-0.1, -0.05) is 36.4 Å². The number of hydrogen-bond acceptors (Lipinski definition) is 6. The van der Waals surface area contributed by atoms with Crippen molar-refractivity contribution in [2.24, 2.45) is 0 Å². The third-order valence-corrected chi connectivity index (χ3v) is 3.21. The van der Waals surface area contributed by atoms with Crippen molar-refractivity contribution < 1.29 is 28.6 Å². The fourth-order valence-electron chi connectivity index (χ4n) is 1.99. The molecule has 0 radical (unpaired) electrons. The van der Waals surface area contributed by atoms with Crippen LogP contribution in [0.3, 0.4) is 0 Å². The van der Waals surface area contributed by atoms with Crippen molar-refractivity contribution in [1.82, 2.24) is 5.32 Å². The molecule has 7 heteroatoms. The van der Waals surface area contributed by atoms with E-state index in [0.29, 0.717) is 5.56 Å². The van der Waals surface area contributed by atoms with Crippen LogP contribution in [-0.2, 0) is 28.6 Å². The first kappa shape index (κ1) is 19.4. The molecule has 1 N–H and O–H groups in total. The molecule has 7 nitrogen and oxygen atoms in total. The number of amides is 1. The summed E-state index contributed by atoms with van der Waals surface area (Å²) in [5, 5.41) is 2.57. The number of carbonyl (C=O) groups is 3. The van der Waals surface area contributed by atoms with E-state index >= 15 is 0 Å². The maximum absolute atomic E-state index is 12.4. The Kier molecular flexibility index (Phi) is 8.21. The molecule has 1 aromatic carbocycles. The molecule has 0 spiro atoms. The number of esters is 2. The molecular weight excluding hydrogens is 314 g/mol. The second kappa shape index (κ2) is 10.2. The highest BCUT2D eigenvalue weighted by Gasteiger charge is 2.26. The van der Waals surface area contributed by atoms with E-state index in [4.69, 9.17) is 4.74 Å². The lowest BCUT2D eigenvalue weighted by atomic mass is 10.1. The number of ether oxygens (including phenoxy) is 3.